The summed E-state index contributed by atoms with van der Waals surface area (Å²) in [7, 11) is 0. The lowest BCUT2D eigenvalue weighted by atomic mass is 10.1. The molecule has 0 aliphatic carbocycles. The highest BCUT2D eigenvalue weighted by Gasteiger charge is 2.22. The number of aryl methyl sites for hydroxylation is 1. The van der Waals surface area contributed by atoms with E-state index >= 15 is 0 Å². The number of thiol groups is 1. The Morgan fingerprint density at radius 3 is 2.59 bits per heavy atom. The van der Waals surface area contributed by atoms with E-state index in [0.717, 1.165) is 18.5 Å². The molecule has 1 fully saturated rings. The maximum Gasteiger partial charge on any atom is 0.269 e. The zero-order chi connectivity index (χ0) is 16.1. The van der Waals surface area contributed by atoms with Gasteiger partial charge in [-0.3, -0.25) is 10.1 Å². The van der Waals surface area contributed by atoms with Crippen molar-refractivity contribution in [3.8, 4) is 0 Å². The Hall–Kier alpha value is -2.09. The molecular formula is C14H16N3O4S-. The predicted octanol–water partition coefficient (Wildman–Crippen LogP) is 1.27. The van der Waals surface area contributed by atoms with Crippen LogP contribution in [-0.2, 0) is 6.42 Å². The number of amidine groups is 1. The summed E-state index contributed by atoms with van der Waals surface area (Å²) in [6.45, 7) is 1.38. The Kier molecular flexibility index (Phi) is 5.37. The van der Waals surface area contributed by atoms with Crippen LogP contribution in [-0.4, -0.2) is 40.1 Å². The molecular weight excluding hydrogens is 306 g/mol. The molecule has 1 heterocycles. The Bertz CT molecular complexity index is 588. The van der Waals surface area contributed by atoms with Crippen LogP contribution < -0.4 is 5.11 Å². The third-order valence-corrected chi connectivity index (χ3v) is 3.95. The van der Waals surface area contributed by atoms with Crippen LogP contribution in [0.15, 0.2) is 29.3 Å². The number of hydrogen-bond acceptors (Lipinski definition) is 5. The van der Waals surface area contributed by atoms with Gasteiger partial charge in [-0.25, -0.2) is 4.99 Å². The van der Waals surface area contributed by atoms with Crippen LogP contribution in [0.4, 0.5) is 10.5 Å². The summed E-state index contributed by atoms with van der Waals surface area (Å²) in [5, 5.41) is 21.6. The number of non-ortho nitro benzene ring substituents is 1. The van der Waals surface area contributed by atoms with E-state index in [2.05, 4.69) is 17.6 Å². The topological polar surface area (TPSA) is 98.9 Å². The van der Waals surface area contributed by atoms with Crippen molar-refractivity contribution in [3.05, 3.63) is 39.9 Å². The standard InChI is InChI=1S/C14H17N3O4S/c18-14(19)15-13(16-8-7-12(22)9-16)6-3-10-1-4-11(5-2-10)17(20)21/h1-2,4-5,12,22H,3,6-9H2,(H,18,19)/p-1/b15-13-/t12-/m0/s1. The maximum absolute atomic E-state index is 10.8. The highest BCUT2D eigenvalue weighted by molar-refractivity contribution is 7.81. The number of carbonyl (C=O) groups excluding carboxylic acids is 1. The molecule has 1 saturated heterocycles. The Balaban J connectivity index is 2.02. The molecule has 1 aliphatic rings. The Labute approximate surface area is 133 Å². The SMILES string of the molecule is O=C([O-])/N=C(/CCc1ccc([N+](=O)[O-])cc1)N1CC[C@H](S)C1. The zero-order valence-corrected chi connectivity index (χ0v) is 12.7. The number of nitrogens with zero attached hydrogens (tertiary/aromatic N) is 3. The molecule has 0 saturated carbocycles. The molecule has 8 heteroatoms. The molecule has 0 unspecified atom stereocenters. The summed E-state index contributed by atoms with van der Waals surface area (Å²) in [6.07, 6.45) is 0.415. The molecule has 2 rings (SSSR count). The number of rotatable bonds is 4. The van der Waals surface area contributed by atoms with E-state index in [9.17, 15) is 20.0 Å². The highest BCUT2D eigenvalue weighted by atomic mass is 32.1. The summed E-state index contributed by atoms with van der Waals surface area (Å²) < 4.78 is 0. The lowest BCUT2D eigenvalue weighted by molar-refractivity contribution is -0.384. The van der Waals surface area contributed by atoms with Gasteiger partial charge in [0.05, 0.1) is 4.92 Å². The average molecular weight is 322 g/mol. The molecule has 118 valence electrons. The summed E-state index contributed by atoms with van der Waals surface area (Å²) in [5.41, 5.74) is 0.920. The van der Waals surface area contributed by atoms with E-state index in [0.29, 0.717) is 25.2 Å². The molecule has 22 heavy (non-hydrogen) atoms. The quantitative estimate of drug-likeness (QED) is 0.296. The Morgan fingerprint density at radius 2 is 2.09 bits per heavy atom. The Morgan fingerprint density at radius 1 is 1.41 bits per heavy atom. The molecule has 1 aromatic rings. The predicted molar refractivity (Wildman–Crippen MR) is 83.2 cm³/mol. The van der Waals surface area contributed by atoms with Crippen molar-refractivity contribution in [2.45, 2.75) is 24.5 Å². The summed E-state index contributed by atoms with van der Waals surface area (Å²) in [4.78, 5) is 26.4. The van der Waals surface area contributed by atoms with Gasteiger partial charge < -0.3 is 14.8 Å². The molecule has 1 aliphatic heterocycles. The van der Waals surface area contributed by atoms with Crippen LogP contribution in [0.1, 0.15) is 18.4 Å². The van der Waals surface area contributed by atoms with Gasteiger partial charge in [0.15, 0.2) is 6.09 Å². The van der Waals surface area contributed by atoms with Gasteiger partial charge in [0.25, 0.3) is 5.69 Å². The minimum Gasteiger partial charge on any atom is -0.528 e. The number of nitro benzene ring substituents is 1. The summed E-state index contributed by atoms with van der Waals surface area (Å²) >= 11 is 4.38. The van der Waals surface area contributed by atoms with Gasteiger partial charge in [-0.15, -0.1) is 0 Å². The van der Waals surface area contributed by atoms with Crippen molar-refractivity contribution in [3.63, 3.8) is 0 Å². The van der Waals surface area contributed by atoms with Gasteiger partial charge in [-0.2, -0.15) is 12.6 Å². The van der Waals surface area contributed by atoms with Crippen LogP contribution in [0, 0.1) is 10.1 Å². The molecule has 0 radical (unpaired) electrons. The van der Waals surface area contributed by atoms with E-state index in [1.54, 1.807) is 12.1 Å². The number of aliphatic imine (C=N–C) groups is 1. The van der Waals surface area contributed by atoms with Crippen LogP contribution >= 0.6 is 12.6 Å². The van der Waals surface area contributed by atoms with Gasteiger partial charge in [0, 0.05) is 36.9 Å². The van der Waals surface area contributed by atoms with Gasteiger partial charge in [-0.05, 0) is 18.4 Å². The van der Waals surface area contributed by atoms with Crippen LogP contribution in [0.25, 0.3) is 0 Å². The second-order valence-electron chi connectivity index (χ2n) is 5.11. The lowest BCUT2D eigenvalue weighted by Crippen LogP contribution is -2.32. The largest absolute Gasteiger partial charge is 0.528 e. The third kappa shape index (κ3) is 4.45. The van der Waals surface area contributed by atoms with E-state index in [-0.39, 0.29) is 10.9 Å². The first kappa shape index (κ1) is 16.3. The molecule has 0 N–H and O–H groups in total. The number of benzene rings is 1. The average Bonchev–Trinajstić information content (AvgIpc) is 2.90. The summed E-state index contributed by atoms with van der Waals surface area (Å²) in [6, 6.07) is 6.20. The number of likely N-dealkylation sites (tertiary alicyclic amines) is 1. The molecule has 7 nitrogen and oxygen atoms in total. The van der Waals surface area contributed by atoms with Gasteiger partial charge >= 0.3 is 0 Å². The molecule has 0 bridgehead atoms. The number of amides is 1. The molecule has 1 atom stereocenters. The minimum absolute atomic E-state index is 0.0323. The number of hydrogen-bond donors (Lipinski definition) is 1. The number of carbonyl (C=O) groups is 1. The van der Waals surface area contributed by atoms with Crippen LogP contribution in [0.2, 0.25) is 0 Å². The van der Waals surface area contributed by atoms with E-state index in [4.69, 9.17) is 0 Å². The fourth-order valence-electron chi connectivity index (χ4n) is 2.41. The smallest absolute Gasteiger partial charge is 0.269 e. The van der Waals surface area contributed by atoms with Crippen molar-refractivity contribution >= 4 is 30.2 Å². The van der Waals surface area contributed by atoms with Crippen molar-refractivity contribution in [1.29, 1.82) is 0 Å². The highest BCUT2D eigenvalue weighted by Crippen LogP contribution is 2.18. The third-order valence-electron chi connectivity index (χ3n) is 3.53. The van der Waals surface area contributed by atoms with Gasteiger partial charge in [0.1, 0.15) is 5.84 Å². The molecule has 0 spiro atoms. The van der Waals surface area contributed by atoms with E-state index < -0.39 is 11.0 Å². The molecule has 1 aromatic carbocycles. The van der Waals surface area contributed by atoms with Crippen molar-refractivity contribution in [2.24, 2.45) is 4.99 Å². The van der Waals surface area contributed by atoms with Gasteiger partial charge in [0.2, 0.25) is 0 Å². The van der Waals surface area contributed by atoms with Crippen molar-refractivity contribution < 1.29 is 14.8 Å². The second-order valence-corrected chi connectivity index (χ2v) is 5.84. The fraction of sp³-hybridized carbons (Fsp3) is 0.429. The first-order chi connectivity index (χ1) is 10.5. The normalized spacial score (nSPS) is 18.5. The lowest BCUT2D eigenvalue weighted by Gasteiger charge is -2.20. The minimum atomic E-state index is -1.46. The zero-order valence-electron chi connectivity index (χ0n) is 11.8. The number of carboxylic acid groups (broad SMARTS) is 1. The summed E-state index contributed by atoms with van der Waals surface area (Å²) in [5.74, 6) is 0.468. The molecule has 0 aromatic heterocycles. The fourth-order valence-corrected chi connectivity index (χ4v) is 2.72. The van der Waals surface area contributed by atoms with Crippen LogP contribution in [0.3, 0.4) is 0 Å². The van der Waals surface area contributed by atoms with Crippen molar-refractivity contribution in [1.82, 2.24) is 4.90 Å². The maximum atomic E-state index is 10.8. The number of nitro groups is 1. The van der Waals surface area contributed by atoms with Crippen molar-refractivity contribution in [2.75, 3.05) is 13.1 Å². The van der Waals surface area contributed by atoms with E-state index in [1.807, 2.05) is 4.90 Å². The first-order valence-corrected chi connectivity index (χ1v) is 7.42. The van der Waals surface area contributed by atoms with Crippen LogP contribution in [0.5, 0.6) is 0 Å². The van der Waals surface area contributed by atoms with E-state index in [1.165, 1.54) is 12.1 Å². The first-order valence-electron chi connectivity index (χ1n) is 6.90. The molecule has 1 amide bonds. The monoisotopic (exact) mass is 322 g/mol. The second kappa shape index (κ2) is 7.26. The van der Waals surface area contributed by atoms with Gasteiger partial charge in [-0.1, -0.05) is 12.1 Å².